The van der Waals surface area contributed by atoms with E-state index in [9.17, 15) is 9.59 Å². The van der Waals surface area contributed by atoms with E-state index in [0.717, 1.165) is 17.7 Å². The van der Waals surface area contributed by atoms with Crippen molar-refractivity contribution in [2.24, 2.45) is 5.41 Å². The van der Waals surface area contributed by atoms with E-state index in [-0.39, 0.29) is 17.2 Å². The second kappa shape index (κ2) is 8.01. The van der Waals surface area contributed by atoms with Crippen LogP contribution in [-0.4, -0.2) is 52.9 Å². The molecule has 2 heterocycles. The van der Waals surface area contributed by atoms with Crippen molar-refractivity contribution in [3.63, 3.8) is 0 Å². The lowest BCUT2D eigenvalue weighted by Gasteiger charge is -2.39. The molecule has 1 fully saturated rings. The van der Waals surface area contributed by atoms with Gasteiger partial charge in [0.25, 0.3) is 0 Å². The second-order valence-electron chi connectivity index (χ2n) is 9.34. The van der Waals surface area contributed by atoms with Crippen LogP contribution in [0.5, 0.6) is 0 Å². The molecule has 0 spiro atoms. The highest BCUT2D eigenvalue weighted by atomic mass is 16.5. The van der Waals surface area contributed by atoms with Gasteiger partial charge >= 0.3 is 0 Å². The Morgan fingerprint density at radius 1 is 1.21 bits per heavy atom. The van der Waals surface area contributed by atoms with Gasteiger partial charge < -0.3 is 14.3 Å². The third-order valence-corrected chi connectivity index (χ3v) is 5.37. The number of nitrogens with zero attached hydrogens (tertiary/aromatic N) is 3. The summed E-state index contributed by atoms with van der Waals surface area (Å²) in [7, 11) is 3.48. The van der Waals surface area contributed by atoms with Crippen LogP contribution in [0.4, 0.5) is 0 Å². The molecule has 1 aromatic heterocycles. The molecule has 6 heteroatoms. The second-order valence-corrected chi connectivity index (χ2v) is 9.34. The summed E-state index contributed by atoms with van der Waals surface area (Å²) in [4.78, 5) is 29.8. The van der Waals surface area contributed by atoms with Gasteiger partial charge in [-0.2, -0.15) is 0 Å². The maximum absolute atomic E-state index is 13.3. The molecule has 2 amide bonds. The summed E-state index contributed by atoms with van der Waals surface area (Å²) in [5, 5.41) is 4.19. The standard InChI is InChI=1S/C23H31N3O3/c1-22(2,3)16-20(27)26-13-9-12-23(26,21(28)25(4)5)15-18-14-19(24-29-18)17-10-7-6-8-11-17/h6-8,10-11,14H,9,12-13,15-16H2,1-5H3/t23-/m0/s1. The molecule has 0 unspecified atom stereocenters. The highest BCUT2D eigenvalue weighted by Crippen LogP contribution is 2.37. The van der Waals surface area contributed by atoms with Gasteiger partial charge in [-0.05, 0) is 18.3 Å². The number of hydrogen-bond acceptors (Lipinski definition) is 4. The highest BCUT2D eigenvalue weighted by molar-refractivity contribution is 5.92. The lowest BCUT2D eigenvalue weighted by molar-refractivity contribution is -0.151. The van der Waals surface area contributed by atoms with Crippen molar-refractivity contribution in [3.8, 4) is 11.3 Å². The zero-order valence-electron chi connectivity index (χ0n) is 18.1. The van der Waals surface area contributed by atoms with Gasteiger partial charge in [0.05, 0.1) is 0 Å². The average molecular weight is 398 g/mol. The fourth-order valence-electron chi connectivity index (χ4n) is 4.12. The minimum atomic E-state index is -0.917. The van der Waals surface area contributed by atoms with Crippen LogP contribution in [0, 0.1) is 5.41 Å². The molecule has 6 nitrogen and oxygen atoms in total. The van der Waals surface area contributed by atoms with Crippen molar-refractivity contribution in [1.29, 1.82) is 0 Å². The third-order valence-electron chi connectivity index (χ3n) is 5.37. The lowest BCUT2D eigenvalue weighted by atomic mass is 9.86. The quantitative estimate of drug-likeness (QED) is 0.770. The summed E-state index contributed by atoms with van der Waals surface area (Å²) in [6.07, 6.45) is 2.16. The van der Waals surface area contributed by atoms with Gasteiger partial charge in [0.15, 0.2) is 0 Å². The number of amides is 2. The molecule has 3 rings (SSSR count). The van der Waals surface area contributed by atoms with E-state index in [1.165, 1.54) is 0 Å². The number of carbonyl (C=O) groups is 2. The molecule has 1 aromatic carbocycles. The van der Waals surface area contributed by atoms with E-state index < -0.39 is 5.54 Å². The van der Waals surface area contributed by atoms with Crippen LogP contribution in [0.3, 0.4) is 0 Å². The molecule has 1 aliphatic rings. The number of hydrogen-bond donors (Lipinski definition) is 0. The van der Waals surface area contributed by atoms with E-state index in [4.69, 9.17) is 4.52 Å². The molecule has 156 valence electrons. The van der Waals surface area contributed by atoms with E-state index in [1.807, 2.05) is 57.2 Å². The van der Waals surface area contributed by atoms with Crippen molar-refractivity contribution < 1.29 is 14.1 Å². The van der Waals surface area contributed by atoms with Gasteiger partial charge in [-0.1, -0.05) is 56.3 Å². The Morgan fingerprint density at radius 2 is 1.90 bits per heavy atom. The first-order valence-electron chi connectivity index (χ1n) is 10.2. The Kier molecular flexibility index (Phi) is 5.82. The molecular formula is C23H31N3O3. The topological polar surface area (TPSA) is 66.7 Å². The molecule has 0 N–H and O–H groups in total. The van der Waals surface area contributed by atoms with E-state index in [0.29, 0.717) is 31.6 Å². The molecule has 1 saturated heterocycles. The Hall–Kier alpha value is -2.63. The molecule has 0 saturated carbocycles. The van der Waals surface area contributed by atoms with Crippen LogP contribution in [0.15, 0.2) is 40.9 Å². The molecular weight excluding hydrogens is 366 g/mol. The monoisotopic (exact) mass is 397 g/mol. The third kappa shape index (κ3) is 4.52. The molecule has 1 aliphatic heterocycles. The molecule has 29 heavy (non-hydrogen) atoms. The van der Waals surface area contributed by atoms with Crippen LogP contribution >= 0.6 is 0 Å². The predicted octanol–water partition coefficient (Wildman–Crippen LogP) is 3.77. The molecule has 1 atom stereocenters. The van der Waals surface area contributed by atoms with Crippen molar-refractivity contribution >= 4 is 11.8 Å². The number of aromatic nitrogens is 1. The Bertz CT molecular complexity index is 867. The smallest absolute Gasteiger partial charge is 0.248 e. The number of likely N-dealkylation sites (tertiary alicyclic amines) is 1. The first-order valence-corrected chi connectivity index (χ1v) is 10.2. The number of rotatable bonds is 5. The summed E-state index contributed by atoms with van der Waals surface area (Å²) in [6.45, 7) is 6.71. The van der Waals surface area contributed by atoms with Gasteiger partial charge in [0.2, 0.25) is 11.8 Å². The maximum atomic E-state index is 13.3. The van der Waals surface area contributed by atoms with Crippen molar-refractivity contribution in [2.75, 3.05) is 20.6 Å². The van der Waals surface area contributed by atoms with Gasteiger partial charge in [0, 0.05) is 45.1 Å². The number of likely N-dealkylation sites (N-methyl/N-ethyl adjacent to an activating group) is 1. The van der Waals surface area contributed by atoms with Gasteiger partial charge in [0.1, 0.15) is 17.0 Å². The summed E-state index contributed by atoms with van der Waals surface area (Å²) in [5.74, 6) is 0.581. The van der Waals surface area contributed by atoms with Crippen molar-refractivity contribution in [2.45, 2.75) is 52.0 Å². The summed E-state index contributed by atoms with van der Waals surface area (Å²) < 4.78 is 5.61. The molecule has 0 bridgehead atoms. The Morgan fingerprint density at radius 3 is 2.52 bits per heavy atom. The fraction of sp³-hybridized carbons (Fsp3) is 0.522. The zero-order valence-corrected chi connectivity index (χ0v) is 18.1. The fourth-order valence-corrected chi connectivity index (χ4v) is 4.12. The minimum Gasteiger partial charge on any atom is -0.361 e. The minimum absolute atomic E-state index is 0.0213. The van der Waals surface area contributed by atoms with Gasteiger partial charge in [-0.3, -0.25) is 9.59 Å². The predicted molar refractivity (Wildman–Crippen MR) is 112 cm³/mol. The van der Waals surface area contributed by atoms with Crippen LogP contribution in [0.25, 0.3) is 11.3 Å². The van der Waals surface area contributed by atoms with Crippen molar-refractivity contribution in [1.82, 2.24) is 15.0 Å². The number of carbonyl (C=O) groups excluding carboxylic acids is 2. The van der Waals surface area contributed by atoms with Crippen LogP contribution in [0.1, 0.15) is 45.8 Å². The normalized spacial score (nSPS) is 19.4. The average Bonchev–Trinajstić information content (AvgIpc) is 3.28. The lowest BCUT2D eigenvalue weighted by Crippen LogP contribution is -2.58. The molecule has 0 radical (unpaired) electrons. The van der Waals surface area contributed by atoms with E-state index in [2.05, 4.69) is 5.16 Å². The summed E-state index contributed by atoms with van der Waals surface area (Å²) >= 11 is 0. The zero-order chi connectivity index (χ0) is 21.2. The van der Waals surface area contributed by atoms with Crippen LogP contribution < -0.4 is 0 Å². The Balaban J connectivity index is 1.92. The Labute approximate surface area is 172 Å². The summed E-state index contributed by atoms with van der Waals surface area (Å²) in [5.41, 5.74) is 0.639. The SMILES string of the molecule is CN(C)C(=O)[C@@]1(Cc2cc(-c3ccccc3)no2)CCCN1C(=O)CC(C)(C)C. The van der Waals surface area contributed by atoms with Crippen LogP contribution in [-0.2, 0) is 16.0 Å². The molecule has 2 aromatic rings. The first kappa shape index (κ1) is 21.1. The van der Waals surface area contributed by atoms with Gasteiger partial charge in [-0.15, -0.1) is 0 Å². The maximum Gasteiger partial charge on any atom is 0.248 e. The van der Waals surface area contributed by atoms with E-state index >= 15 is 0 Å². The van der Waals surface area contributed by atoms with E-state index in [1.54, 1.807) is 23.9 Å². The van der Waals surface area contributed by atoms with Gasteiger partial charge in [-0.25, -0.2) is 0 Å². The van der Waals surface area contributed by atoms with Crippen LogP contribution in [0.2, 0.25) is 0 Å². The molecule has 0 aliphatic carbocycles. The number of benzene rings is 1. The highest BCUT2D eigenvalue weighted by Gasteiger charge is 2.51. The summed E-state index contributed by atoms with van der Waals surface area (Å²) in [6, 6.07) is 11.7. The first-order chi connectivity index (χ1) is 13.6. The largest absolute Gasteiger partial charge is 0.361 e. The van der Waals surface area contributed by atoms with Crippen molar-refractivity contribution in [3.05, 3.63) is 42.2 Å².